The van der Waals surface area contributed by atoms with Crippen LogP contribution in [-0.2, 0) is 11.2 Å². The predicted molar refractivity (Wildman–Crippen MR) is 104 cm³/mol. The van der Waals surface area contributed by atoms with Crippen LogP contribution in [0, 0.1) is 5.92 Å². The van der Waals surface area contributed by atoms with Crippen molar-refractivity contribution in [2.24, 2.45) is 5.92 Å². The molecule has 1 atom stereocenters. The number of aromatic amines is 2. The summed E-state index contributed by atoms with van der Waals surface area (Å²) in [6, 6.07) is 6.29. The van der Waals surface area contributed by atoms with E-state index in [1.165, 1.54) is 12.8 Å². The average Bonchev–Trinajstić information content (AvgIpc) is 2.99. The Labute approximate surface area is 154 Å². The number of nitrogens with one attached hydrogen (secondary N) is 3. The minimum Gasteiger partial charge on any atom is -0.355 e. The number of imidazole rings is 1. The maximum Gasteiger partial charge on any atom is 0.323 e. The molecule has 6 heteroatoms. The molecule has 1 saturated heterocycles. The van der Waals surface area contributed by atoms with Gasteiger partial charge in [0, 0.05) is 19.0 Å². The number of aromatic nitrogens is 2. The molecule has 0 aliphatic carbocycles. The predicted octanol–water partition coefficient (Wildman–Crippen LogP) is 2.42. The number of likely N-dealkylation sites (tertiary alicyclic amines) is 1. The van der Waals surface area contributed by atoms with Gasteiger partial charge in [-0.2, -0.15) is 0 Å². The SMILES string of the molecule is CC1CCN(C(C)CNC(=O)CCCc2ccc3[nH]c(=O)[nH]c3c2)CC1. The fourth-order valence-corrected chi connectivity index (χ4v) is 3.64. The number of hydrogen-bond donors (Lipinski definition) is 3. The molecule has 1 aliphatic rings. The third kappa shape index (κ3) is 4.97. The fourth-order valence-electron chi connectivity index (χ4n) is 3.64. The van der Waals surface area contributed by atoms with Gasteiger partial charge in [0.05, 0.1) is 11.0 Å². The molecule has 0 bridgehead atoms. The molecule has 1 amide bonds. The van der Waals surface area contributed by atoms with E-state index < -0.39 is 0 Å². The zero-order valence-electron chi connectivity index (χ0n) is 15.8. The van der Waals surface area contributed by atoms with E-state index in [-0.39, 0.29) is 11.6 Å². The summed E-state index contributed by atoms with van der Waals surface area (Å²) < 4.78 is 0. The number of rotatable bonds is 7. The minimum atomic E-state index is -0.186. The quantitative estimate of drug-likeness (QED) is 0.711. The van der Waals surface area contributed by atoms with Gasteiger partial charge in [0.15, 0.2) is 0 Å². The first-order valence-corrected chi connectivity index (χ1v) is 9.73. The molecule has 3 rings (SSSR count). The van der Waals surface area contributed by atoms with E-state index in [9.17, 15) is 9.59 Å². The van der Waals surface area contributed by atoms with Crippen LogP contribution in [0.4, 0.5) is 0 Å². The van der Waals surface area contributed by atoms with Gasteiger partial charge < -0.3 is 15.3 Å². The molecular weight excluding hydrogens is 328 g/mol. The van der Waals surface area contributed by atoms with E-state index in [0.29, 0.717) is 12.5 Å². The van der Waals surface area contributed by atoms with Crippen molar-refractivity contribution in [2.45, 2.75) is 52.0 Å². The molecule has 2 aromatic rings. The molecule has 1 aromatic carbocycles. The summed E-state index contributed by atoms with van der Waals surface area (Å²) in [5.41, 5.74) is 2.59. The average molecular weight is 358 g/mol. The summed E-state index contributed by atoms with van der Waals surface area (Å²) in [5, 5.41) is 3.08. The van der Waals surface area contributed by atoms with Crippen LogP contribution in [0.25, 0.3) is 11.0 Å². The van der Waals surface area contributed by atoms with Gasteiger partial charge in [-0.15, -0.1) is 0 Å². The highest BCUT2D eigenvalue weighted by atomic mass is 16.1. The zero-order chi connectivity index (χ0) is 18.5. The number of H-pyrrole nitrogens is 2. The number of fused-ring (bicyclic) bond motifs is 1. The largest absolute Gasteiger partial charge is 0.355 e. The Hall–Kier alpha value is -2.08. The first-order chi connectivity index (χ1) is 12.5. The summed E-state index contributed by atoms with van der Waals surface area (Å²) in [4.78, 5) is 31.4. The highest BCUT2D eigenvalue weighted by molar-refractivity contribution is 5.76. The first-order valence-electron chi connectivity index (χ1n) is 9.73. The lowest BCUT2D eigenvalue weighted by molar-refractivity contribution is -0.121. The van der Waals surface area contributed by atoms with Crippen molar-refractivity contribution in [1.82, 2.24) is 20.2 Å². The number of piperidine rings is 1. The number of carbonyl (C=O) groups excluding carboxylic acids is 1. The van der Waals surface area contributed by atoms with Crippen LogP contribution in [0.1, 0.15) is 45.1 Å². The molecule has 1 fully saturated rings. The molecular formula is C20H30N4O2. The molecule has 2 heterocycles. The lowest BCUT2D eigenvalue weighted by Gasteiger charge is -2.35. The Kier molecular flexibility index (Phi) is 6.14. The second-order valence-electron chi connectivity index (χ2n) is 7.68. The molecule has 0 radical (unpaired) electrons. The molecule has 26 heavy (non-hydrogen) atoms. The number of hydrogen-bond acceptors (Lipinski definition) is 3. The van der Waals surface area contributed by atoms with Gasteiger partial charge >= 0.3 is 5.69 Å². The van der Waals surface area contributed by atoms with Gasteiger partial charge in [-0.25, -0.2) is 4.79 Å². The van der Waals surface area contributed by atoms with Gasteiger partial charge in [0.2, 0.25) is 5.91 Å². The number of aryl methyl sites for hydroxylation is 1. The van der Waals surface area contributed by atoms with Crippen LogP contribution in [0.15, 0.2) is 23.0 Å². The summed E-state index contributed by atoms with van der Waals surface area (Å²) in [7, 11) is 0. The smallest absolute Gasteiger partial charge is 0.323 e. The molecule has 1 aromatic heterocycles. The topological polar surface area (TPSA) is 81.0 Å². The van der Waals surface area contributed by atoms with Crippen molar-refractivity contribution in [3.05, 3.63) is 34.2 Å². The third-order valence-corrected chi connectivity index (χ3v) is 5.49. The van der Waals surface area contributed by atoms with E-state index >= 15 is 0 Å². The Bertz CT molecular complexity index is 786. The third-order valence-electron chi connectivity index (χ3n) is 5.49. The Morgan fingerprint density at radius 3 is 2.77 bits per heavy atom. The molecule has 142 valence electrons. The minimum absolute atomic E-state index is 0.123. The van der Waals surface area contributed by atoms with E-state index in [2.05, 4.69) is 34.0 Å². The van der Waals surface area contributed by atoms with Gasteiger partial charge in [-0.05, 0) is 69.3 Å². The van der Waals surface area contributed by atoms with E-state index in [1.807, 2.05) is 18.2 Å². The lowest BCUT2D eigenvalue weighted by atomic mass is 9.98. The van der Waals surface area contributed by atoms with Crippen LogP contribution in [0.3, 0.4) is 0 Å². The number of carbonyl (C=O) groups is 1. The van der Waals surface area contributed by atoms with Crippen molar-refractivity contribution >= 4 is 16.9 Å². The van der Waals surface area contributed by atoms with Crippen LogP contribution >= 0.6 is 0 Å². The van der Waals surface area contributed by atoms with Crippen LogP contribution in [0.2, 0.25) is 0 Å². The summed E-state index contributed by atoms with van der Waals surface area (Å²) in [6.07, 6.45) is 4.69. The maximum absolute atomic E-state index is 12.1. The Morgan fingerprint density at radius 2 is 2.00 bits per heavy atom. The van der Waals surface area contributed by atoms with Crippen LogP contribution in [-0.4, -0.2) is 46.5 Å². The Balaban J connectivity index is 1.37. The van der Waals surface area contributed by atoms with Crippen LogP contribution < -0.4 is 11.0 Å². The van der Waals surface area contributed by atoms with Crippen molar-refractivity contribution in [1.29, 1.82) is 0 Å². The molecule has 3 N–H and O–H groups in total. The van der Waals surface area contributed by atoms with Gasteiger partial charge in [-0.3, -0.25) is 9.69 Å². The van der Waals surface area contributed by atoms with Crippen molar-refractivity contribution in [3.63, 3.8) is 0 Å². The molecule has 6 nitrogen and oxygen atoms in total. The number of benzene rings is 1. The first kappa shape index (κ1) is 18.7. The molecule has 0 spiro atoms. The van der Waals surface area contributed by atoms with E-state index in [0.717, 1.165) is 55.0 Å². The van der Waals surface area contributed by atoms with E-state index in [4.69, 9.17) is 0 Å². The summed E-state index contributed by atoms with van der Waals surface area (Å²) in [6.45, 7) is 7.52. The highest BCUT2D eigenvalue weighted by Gasteiger charge is 2.20. The Morgan fingerprint density at radius 1 is 1.27 bits per heavy atom. The van der Waals surface area contributed by atoms with E-state index in [1.54, 1.807) is 0 Å². The fraction of sp³-hybridized carbons (Fsp3) is 0.600. The monoisotopic (exact) mass is 358 g/mol. The van der Waals surface area contributed by atoms with Crippen molar-refractivity contribution in [3.8, 4) is 0 Å². The zero-order valence-corrected chi connectivity index (χ0v) is 15.8. The normalized spacial score (nSPS) is 17.5. The second-order valence-corrected chi connectivity index (χ2v) is 7.68. The molecule has 1 aliphatic heterocycles. The number of nitrogens with zero attached hydrogens (tertiary/aromatic N) is 1. The summed E-state index contributed by atoms with van der Waals surface area (Å²) in [5.74, 6) is 0.953. The van der Waals surface area contributed by atoms with Crippen LogP contribution in [0.5, 0.6) is 0 Å². The second kappa shape index (κ2) is 8.54. The maximum atomic E-state index is 12.1. The highest BCUT2D eigenvalue weighted by Crippen LogP contribution is 2.17. The van der Waals surface area contributed by atoms with Gasteiger partial charge in [0.25, 0.3) is 0 Å². The van der Waals surface area contributed by atoms with Gasteiger partial charge in [0.1, 0.15) is 0 Å². The van der Waals surface area contributed by atoms with Crippen molar-refractivity contribution in [2.75, 3.05) is 19.6 Å². The standard InChI is InChI=1S/C20H30N4O2/c1-14-8-10-24(11-9-14)15(2)13-21-19(25)5-3-4-16-6-7-17-18(12-16)23-20(26)22-17/h6-7,12,14-15H,3-5,8-11,13H2,1-2H3,(H,21,25)(H2,22,23,26). The molecule has 0 saturated carbocycles. The summed E-state index contributed by atoms with van der Waals surface area (Å²) >= 11 is 0. The lowest BCUT2D eigenvalue weighted by Crippen LogP contribution is -2.45. The number of amides is 1. The van der Waals surface area contributed by atoms with Gasteiger partial charge in [-0.1, -0.05) is 13.0 Å². The van der Waals surface area contributed by atoms with Crippen molar-refractivity contribution < 1.29 is 4.79 Å². The molecule has 1 unspecified atom stereocenters.